The number of nitrogens with zero attached hydrogens (tertiary/aromatic N) is 2. The zero-order valence-corrected chi connectivity index (χ0v) is 18.6. The third-order valence-corrected chi connectivity index (χ3v) is 6.59. The summed E-state index contributed by atoms with van der Waals surface area (Å²) < 4.78 is 29.1. The van der Waals surface area contributed by atoms with Gasteiger partial charge in [-0.25, -0.2) is 8.78 Å². The monoisotopic (exact) mass is 458 g/mol. The first kappa shape index (κ1) is 22.0. The molecule has 0 bridgehead atoms. The molecule has 34 heavy (non-hydrogen) atoms. The first-order valence-corrected chi connectivity index (χ1v) is 11.4. The third kappa shape index (κ3) is 4.23. The lowest BCUT2D eigenvalue weighted by Crippen LogP contribution is -2.39. The number of hydrogen-bond donors (Lipinski definition) is 0. The number of rotatable bonds is 4. The molecule has 0 radical (unpaired) electrons. The van der Waals surface area contributed by atoms with Crippen LogP contribution in [0.3, 0.4) is 0 Å². The van der Waals surface area contributed by atoms with Crippen molar-refractivity contribution in [3.63, 3.8) is 0 Å². The number of piperidine rings is 1. The minimum absolute atomic E-state index is 0.0900. The first-order valence-electron chi connectivity index (χ1n) is 11.4. The summed E-state index contributed by atoms with van der Waals surface area (Å²) in [5.74, 6) is -1.28. The van der Waals surface area contributed by atoms with Crippen LogP contribution in [0.1, 0.15) is 28.8 Å². The average molecular weight is 459 g/mol. The van der Waals surface area contributed by atoms with Gasteiger partial charge in [-0.2, -0.15) is 0 Å². The second kappa shape index (κ2) is 9.21. The topological polar surface area (TPSA) is 42.3 Å². The van der Waals surface area contributed by atoms with E-state index in [1.807, 2.05) is 18.2 Å². The first-order chi connectivity index (χ1) is 16.5. The number of pyridine rings is 1. The number of hydrogen-bond acceptors (Lipinski definition) is 2. The zero-order valence-electron chi connectivity index (χ0n) is 18.6. The summed E-state index contributed by atoms with van der Waals surface area (Å²) in [5.41, 5.74) is 1.08. The Labute approximate surface area is 196 Å². The molecule has 0 atom stereocenters. The molecule has 1 aliphatic heterocycles. The van der Waals surface area contributed by atoms with Crippen LogP contribution >= 0.6 is 0 Å². The van der Waals surface area contributed by atoms with E-state index >= 15 is 0 Å². The molecule has 1 aromatic heterocycles. The largest absolute Gasteiger partial charge is 0.339 e. The van der Waals surface area contributed by atoms with Crippen LogP contribution in [-0.4, -0.2) is 28.5 Å². The minimum atomic E-state index is -0.863. The van der Waals surface area contributed by atoms with E-state index < -0.39 is 17.2 Å². The highest BCUT2D eigenvalue weighted by atomic mass is 19.1. The van der Waals surface area contributed by atoms with Crippen molar-refractivity contribution in [1.29, 1.82) is 0 Å². The van der Waals surface area contributed by atoms with Crippen molar-refractivity contribution in [2.75, 3.05) is 13.1 Å². The van der Waals surface area contributed by atoms with Crippen LogP contribution in [-0.2, 0) is 6.42 Å². The van der Waals surface area contributed by atoms with Crippen LogP contribution in [0, 0.1) is 17.6 Å². The molecule has 172 valence electrons. The Kier molecular flexibility index (Phi) is 5.97. The average Bonchev–Trinajstić information content (AvgIpc) is 2.86. The van der Waals surface area contributed by atoms with Crippen LogP contribution in [0.5, 0.6) is 0 Å². The number of likely N-dealkylation sites (tertiary alicyclic amines) is 1. The number of amides is 1. The summed E-state index contributed by atoms with van der Waals surface area (Å²) in [7, 11) is 0. The van der Waals surface area contributed by atoms with E-state index in [1.54, 1.807) is 29.2 Å². The fraction of sp³-hybridized carbons (Fsp3) is 0.214. The van der Waals surface area contributed by atoms with Gasteiger partial charge in [0.25, 0.3) is 11.5 Å². The van der Waals surface area contributed by atoms with Crippen LogP contribution in [0.2, 0.25) is 0 Å². The summed E-state index contributed by atoms with van der Waals surface area (Å²) in [6, 6.07) is 20.2. The number of fused-ring (bicyclic) bond motifs is 1. The van der Waals surface area contributed by atoms with E-state index in [-0.39, 0.29) is 11.6 Å². The minimum Gasteiger partial charge on any atom is -0.339 e. The molecule has 0 saturated carbocycles. The molecule has 4 nitrogen and oxygen atoms in total. The van der Waals surface area contributed by atoms with Gasteiger partial charge >= 0.3 is 0 Å². The van der Waals surface area contributed by atoms with E-state index in [9.17, 15) is 18.4 Å². The van der Waals surface area contributed by atoms with Gasteiger partial charge in [-0.3, -0.25) is 14.2 Å². The molecule has 3 aromatic carbocycles. The molecule has 1 aliphatic rings. The molecule has 6 heteroatoms. The van der Waals surface area contributed by atoms with E-state index in [1.165, 1.54) is 17.8 Å². The lowest BCUT2D eigenvalue weighted by Gasteiger charge is -2.32. The van der Waals surface area contributed by atoms with Crippen LogP contribution < -0.4 is 5.56 Å². The maximum absolute atomic E-state index is 14.5. The van der Waals surface area contributed by atoms with Crippen molar-refractivity contribution in [3.8, 4) is 5.69 Å². The molecule has 0 spiro atoms. The maximum atomic E-state index is 14.5. The highest BCUT2D eigenvalue weighted by Crippen LogP contribution is 2.25. The van der Waals surface area contributed by atoms with Gasteiger partial charge in [0, 0.05) is 36.1 Å². The molecular formula is C28H24F2N2O2. The molecule has 2 heterocycles. The van der Waals surface area contributed by atoms with Crippen LogP contribution in [0.25, 0.3) is 16.5 Å². The van der Waals surface area contributed by atoms with Gasteiger partial charge in [-0.1, -0.05) is 48.5 Å². The van der Waals surface area contributed by atoms with Crippen LogP contribution in [0.15, 0.2) is 83.8 Å². The lowest BCUT2D eigenvalue weighted by atomic mass is 9.90. The highest BCUT2D eigenvalue weighted by Gasteiger charge is 2.26. The zero-order chi connectivity index (χ0) is 23.7. The van der Waals surface area contributed by atoms with Crippen molar-refractivity contribution in [2.45, 2.75) is 19.3 Å². The highest BCUT2D eigenvalue weighted by molar-refractivity contribution is 6.06. The SMILES string of the molecule is O=C(c1cn(-c2ccc(F)cc2F)c(=O)c2ccccc12)N1CCC(Cc2ccccc2)CC1. The molecule has 1 amide bonds. The second-order valence-electron chi connectivity index (χ2n) is 8.78. The molecule has 0 unspecified atom stereocenters. The number of aromatic nitrogens is 1. The molecule has 5 rings (SSSR count). The maximum Gasteiger partial charge on any atom is 0.263 e. The van der Waals surface area contributed by atoms with Gasteiger partial charge in [-0.15, -0.1) is 0 Å². The van der Waals surface area contributed by atoms with E-state index in [0.29, 0.717) is 35.3 Å². The Hall–Kier alpha value is -3.80. The predicted molar refractivity (Wildman–Crippen MR) is 128 cm³/mol. The van der Waals surface area contributed by atoms with Gasteiger partial charge < -0.3 is 4.90 Å². The number of halogens is 2. The fourth-order valence-corrected chi connectivity index (χ4v) is 4.78. The summed E-state index contributed by atoms with van der Waals surface area (Å²) in [4.78, 5) is 28.5. The summed E-state index contributed by atoms with van der Waals surface area (Å²) in [6.07, 6.45) is 4.16. The number of benzene rings is 3. The van der Waals surface area contributed by atoms with Crippen molar-refractivity contribution in [2.24, 2.45) is 5.92 Å². The van der Waals surface area contributed by atoms with Gasteiger partial charge in [0.15, 0.2) is 0 Å². The fourth-order valence-electron chi connectivity index (χ4n) is 4.78. The van der Waals surface area contributed by atoms with Crippen molar-refractivity contribution in [1.82, 2.24) is 9.47 Å². The second-order valence-corrected chi connectivity index (χ2v) is 8.78. The molecule has 4 aromatic rings. The molecule has 0 N–H and O–H groups in total. The predicted octanol–water partition coefficient (Wildman–Crippen LogP) is 5.36. The summed E-state index contributed by atoms with van der Waals surface area (Å²) in [6.45, 7) is 1.24. The van der Waals surface area contributed by atoms with Gasteiger partial charge in [0.1, 0.15) is 11.6 Å². The number of carbonyl (C=O) groups is 1. The Morgan fingerprint density at radius 3 is 2.26 bits per heavy atom. The molecular weight excluding hydrogens is 434 g/mol. The number of carbonyl (C=O) groups excluding carboxylic acids is 1. The third-order valence-electron chi connectivity index (χ3n) is 6.59. The van der Waals surface area contributed by atoms with Gasteiger partial charge in [-0.05, 0) is 48.9 Å². The van der Waals surface area contributed by atoms with Gasteiger partial charge in [0.05, 0.1) is 11.3 Å². The smallest absolute Gasteiger partial charge is 0.263 e. The lowest BCUT2D eigenvalue weighted by molar-refractivity contribution is 0.0692. The van der Waals surface area contributed by atoms with Crippen molar-refractivity contribution in [3.05, 3.63) is 112 Å². The van der Waals surface area contributed by atoms with Crippen molar-refractivity contribution < 1.29 is 13.6 Å². The van der Waals surface area contributed by atoms with Crippen molar-refractivity contribution >= 4 is 16.7 Å². The Balaban J connectivity index is 1.46. The van der Waals surface area contributed by atoms with E-state index in [4.69, 9.17) is 0 Å². The summed E-state index contributed by atoms with van der Waals surface area (Å²) >= 11 is 0. The normalized spacial score (nSPS) is 14.5. The van der Waals surface area contributed by atoms with Gasteiger partial charge in [0.2, 0.25) is 0 Å². The standard InChI is InChI=1S/C28H24F2N2O2/c29-21-10-11-26(25(30)17-21)32-18-24(22-8-4-5-9-23(22)28(32)34)27(33)31-14-12-20(13-15-31)16-19-6-2-1-3-7-19/h1-11,17-18,20H,12-16H2. The van der Waals surface area contributed by atoms with Crippen LogP contribution in [0.4, 0.5) is 8.78 Å². The molecule has 1 saturated heterocycles. The Bertz CT molecular complexity index is 1410. The van der Waals surface area contributed by atoms with E-state index in [0.717, 1.165) is 36.0 Å². The summed E-state index contributed by atoms with van der Waals surface area (Å²) in [5, 5.41) is 0.846. The molecule has 0 aliphatic carbocycles. The quantitative estimate of drug-likeness (QED) is 0.413. The Morgan fingerprint density at radius 2 is 1.56 bits per heavy atom. The Morgan fingerprint density at radius 1 is 0.882 bits per heavy atom. The molecule has 1 fully saturated rings. The van der Waals surface area contributed by atoms with E-state index in [2.05, 4.69) is 12.1 Å².